The topological polar surface area (TPSA) is 92.1 Å². The first-order valence-corrected chi connectivity index (χ1v) is 8.23. The van der Waals surface area contributed by atoms with Crippen LogP contribution in [0.1, 0.15) is 17.5 Å². The molecule has 1 amide bonds. The molecule has 2 aromatic rings. The average Bonchev–Trinajstić information content (AvgIpc) is 3.05. The van der Waals surface area contributed by atoms with Crippen molar-refractivity contribution in [3.63, 3.8) is 0 Å². The number of nitrogens with zero attached hydrogens (tertiary/aromatic N) is 1. The number of nitrogens with two attached hydrogens (primary N) is 1. The monoisotopic (exact) mass is 377 g/mol. The Kier molecular flexibility index (Phi) is 5.20. The summed E-state index contributed by atoms with van der Waals surface area (Å²) < 4.78 is 38.0. The van der Waals surface area contributed by atoms with Crippen molar-refractivity contribution in [2.24, 2.45) is 5.73 Å². The minimum Gasteiger partial charge on any atom is -0.397 e. The SMILES string of the molecule is N/C(=C\NC1CCNC1=O)c1cccnc1Nc1ccc(C(F)(F)F)cc1. The molecule has 1 atom stereocenters. The number of pyridine rings is 1. The van der Waals surface area contributed by atoms with E-state index in [4.69, 9.17) is 5.73 Å². The lowest BCUT2D eigenvalue weighted by Gasteiger charge is -2.13. The van der Waals surface area contributed by atoms with Crippen LogP contribution in [0.15, 0.2) is 48.8 Å². The fraction of sp³-hybridized carbons (Fsp3) is 0.222. The van der Waals surface area contributed by atoms with Crippen molar-refractivity contribution in [2.45, 2.75) is 18.6 Å². The maximum Gasteiger partial charge on any atom is 0.416 e. The number of halogens is 3. The normalized spacial score (nSPS) is 17.5. The summed E-state index contributed by atoms with van der Waals surface area (Å²) in [5.74, 6) is 0.303. The van der Waals surface area contributed by atoms with Gasteiger partial charge in [-0.1, -0.05) is 0 Å². The molecule has 2 heterocycles. The van der Waals surface area contributed by atoms with Crippen molar-refractivity contribution in [1.82, 2.24) is 15.6 Å². The molecule has 6 nitrogen and oxygen atoms in total. The largest absolute Gasteiger partial charge is 0.416 e. The van der Waals surface area contributed by atoms with Crippen molar-refractivity contribution in [3.8, 4) is 0 Å². The number of carbonyl (C=O) groups excluding carboxylic acids is 1. The molecule has 27 heavy (non-hydrogen) atoms. The Labute approximate surface area is 153 Å². The third-order valence-corrected chi connectivity index (χ3v) is 4.08. The van der Waals surface area contributed by atoms with E-state index in [9.17, 15) is 18.0 Å². The van der Waals surface area contributed by atoms with E-state index < -0.39 is 11.7 Å². The molecule has 142 valence electrons. The van der Waals surface area contributed by atoms with Gasteiger partial charge in [0.2, 0.25) is 5.91 Å². The highest BCUT2D eigenvalue weighted by atomic mass is 19.4. The van der Waals surface area contributed by atoms with Crippen LogP contribution >= 0.6 is 0 Å². The molecule has 3 rings (SSSR count). The van der Waals surface area contributed by atoms with Gasteiger partial charge in [-0.25, -0.2) is 4.98 Å². The van der Waals surface area contributed by atoms with Crippen molar-refractivity contribution < 1.29 is 18.0 Å². The van der Waals surface area contributed by atoms with E-state index in [1.165, 1.54) is 18.3 Å². The summed E-state index contributed by atoms with van der Waals surface area (Å²) in [7, 11) is 0. The Hall–Kier alpha value is -3.23. The van der Waals surface area contributed by atoms with E-state index >= 15 is 0 Å². The number of benzene rings is 1. The zero-order valence-electron chi connectivity index (χ0n) is 14.2. The lowest BCUT2D eigenvalue weighted by atomic mass is 10.1. The molecule has 0 aliphatic carbocycles. The van der Waals surface area contributed by atoms with Crippen LogP contribution in [0, 0.1) is 0 Å². The molecule has 0 saturated carbocycles. The minimum atomic E-state index is -4.39. The summed E-state index contributed by atoms with van der Waals surface area (Å²) in [6.45, 7) is 0.609. The molecule has 0 bridgehead atoms. The van der Waals surface area contributed by atoms with Gasteiger partial charge in [-0.3, -0.25) is 4.79 Å². The second-order valence-corrected chi connectivity index (χ2v) is 6.00. The molecule has 9 heteroatoms. The van der Waals surface area contributed by atoms with E-state index in [0.717, 1.165) is 12.1 Å². The van der Waals surface area contributed by atoms with Crippen LogP contribution in [-0.4, -0.2) is 23.5 Å². The van der Waals surface area contributed by atoms with Gasteiger partial charge in [0.15, 0.2) is 0 Å². The van der Waals surface area contributed by atoms with Gasteiger partial charge in [0.05, 0.1) is 11.3 Å². The van der Waals surface area contributed by atoms with Gasteiger partial charge in [0.25, 0.3) is 0 Å². The van der Waals surface area contributed by atoms with E-state index in [1.807, 2.05) is 0 Å². The van der Waals surface area contributed by atoms with Gasteiger partial charge in [-0.15, -0.1) is 0 Å². The third kappa shape index (κ3) is 4.49. The standard InChI is InChI=1S/C18H18F3N5O/c19-18(20,21)11-3-5-12(6-4-11)26-16-13(2-1-8-23-16)14(22)10-25-15-7-9-24-17(15)27/h1-6,8,10,15,25H,7,9,22H2,(H,23,26)(H,24,27)/b14-10-. The van der Waals surface area contributed by atoms with E-state index in [2.05, 4.69) is 20.9 Å². The molecule has 1 saturated heterocycles. The van der Waals surface area contributed by atoms with Gasteiger partial charge in [-0.05, 0) is 42.8 Å². The van der Waals surface area contributed by atoms with E-state index in [1.54, 1.807) is 18.3 Å². The fourth-order valence-electron chi connectivity index (χ4n) is 2.64. The number of rotatable bonds is 5. The molecule has 0 radical (unpaired) electrons. The summed E-state index contributed by atoms with van der Waals surface area (Å²) in [5.41, 5.74) is 6.71. The average molecular weight is 377 g/mol. The Bertz CT molecular complexity index is 849. The van der Waals surface area contributed by atoms with Crippen LogP contribution in [0.3, 0.4) is 0 Å². The molecule has 1 aliphatic heterocycles. The summed E-state index contributed by atoms with van der Waals surface area (Å²) in [6.07, 6.45) is -0.655. The number of amides is 1. The Morgan fingerprint density at radius 3 is 2.63 bits per heavy atom. The molecule has 1 aromatic carbocycles. The van der Waals surface area contributed by atoms with Crippen LogP contribution in [0.4, 0.5) is 24.7 Å². The maximum atomic E-state index is 12.7. The Morgan fingerprint density at radius 1 is 1.26 bits per heavy atom. The zero-order valence-corrected chi connectivity index (χ0v) is 14.2. The minimum absolute atomic E-state index is 0.0895. The smallest absolute Gasteiger partial charge is 0.397 e. The van der Waals surface area contributed by atoms with Gasteiger partial charge < -0.3 is 21.7 Å². The lowest BCUT2D eigenvalue weighted by Crippen LogP contribution is -2.33. The second-order valence-electron chi connectivity index (χ2n) is 6.00. The van der Waals surface area contributed by atoms with Crippen molar-refractivity contribution >= 4 is 23.1 Å². The fourth-order valence-corrected chi connectivity index (χ4v) is 2.64. The first kappa shape index (κ1) is 18.6. The van der Waals surface area contributed by atoms with Gasteiger partial charge in [-0.2, -0.15) is 13.2 Å². The molecular weight excluding hydrogens is 359 g/mol. The first-order chi connectivity index (χ1) is 12.8. The second kappa shape index (κ2) is 7.56. The molecular formula is C18H18F3N5O. The molecule has 1 aliphatic rings. The summed E-state index contributed by atoms with van der Waals surface area (Å²) in [5, 5.41) is 8.64. The van der Waals surface area contributed by atoms with Gasteiger partial charge in [0.1, 0.15) is 11.9 Å². The van der Waals surface area contributed by atoms with Crippen LogP contribution < -0.4 is 21.7 Å². The van der Waals surface area contributed by atoms with Crippen LogP contribution in [-0.2, 0) is 11.0 Å². The predicted molar refractivity (Wildman–Crippen MR) is 95.7 cm³/mol. The predicted octanol–water partition coefficient (Wildman–Crippen LogP) is 2.58. The maximum absolute atomic E-state index is 12.7. The van der Waals surface area contributed by atoms with Gasteiger partial charge in [0, 0.05) is 30.2 Å². The number of anilines is 2. The summed E-state index contributed by atoms with van der Waals surface area (Å²) in [4.78, 5) is 15.8. The van der Waals surface area contributed by atoms with Crippen molar-refractivity contribution in [2.75, 3.05) is 11.9 Å². The number of aromatic nitrogens is 1. The van der Waals surface area contributed by atoms with Crippen molar-refractivity contribution in [1.29, 1.82) is 0 Å². The molecule has 1 fully saturated rings. The molecule has 5 N–H and O–H groups in total. The number of nitrogens with one attached hydrogen (secondary N) is 3. The molecule has 1 aromatic heterocycles. The quantitative estimate of drug-likeness (QED) is 0.643. The Balaban J connectivity index is 1.76. The summed E-state index contributed by atoms with van der Waals surface area (Å²) in [6, 6.07) is 7.70. The van der Waals surface area contributed by atoms with Crippen LogP contribution in [0.25, 0.3) is 5.70 Å². The lowest BCUT2D eigenvalue weighted by molar-refractivity contribution is -0.137. The highest BCUT2D eigenvalue weighted by molar-refractivity contribution is 5.84. The highest BCUT2D eigenvalue weighted by Crippen LogP contribution is 2.30. The van der Waals surface area contributed by atoms with Gasteiger partial charge >= 0.3 is 6.18 Å². The van der Waals surface area contributed by atoms with Crippen LogP contribution in [0.2, 0.25) is 0 Å². The van der Waals surface area contributed by atoms with Crippen LogP contribution in [0.5, 0.6) is 0 Å². The molecule has 1 unspecified atom stereocenters. The van der Waals surface area contributed by atoms with E-state index in [0.29, 0.717) is 35.7 Å². The number of carbonyl (C=O) groups is 1. The highest BCUT2D eigenvalue weighted by Gasteiger charge is 2.30. The number of hydrogen-bond donors (Lipinski definition) is 4. The summed E-state index contributed by atoms with van der Waals surface area (Å²) >= 11 is 0. The van der Waals surface area contributed by atoms with E-state index in [-0.39, 0.29) is 11.9 Å². The molecule has 0 spiro atoms. The van der Waals surface area contributed by atoms with Crippen molar-refractivity contribution in [3.05, 3.63) is 59.9 Å². The first-order valence-electron chi connectivity index (χ1n) is 8.23. The zero-order chi connectivity index (χ0) is 19.4. The number of hydrogen-bond acceptors (Lipinski definition) is 5. The third-order valence-electron chi connectivity index (χ3n) is 4.08. The Morgan fingerprint density at radius 2 is 2.00 bits per heavy atom. The number of alkyl halides is 3.